The lowest BCUT2D eigenvalue weighted by Crippen LogP contribution is -2.64. The second kappa shape index (κ2) is 3.85. The molecule has 1 fully saturated rings. The molecule has 3 nitrogen and oxygen atoms in total. The Balaban J connectivity index is 2.46. The van der Waals surface area contributed by atoms with E-state index in [2.05, 4.69) is 0 Å². The fourth-order valence-electron chi connectivity index (χ4n) is 1.88. The zero-order valence-corrected chi connectivity index (χ0v) is 8.96. The van der Waals surface area contributed by atoms with Crippen molar-refractivity contribution >= 4 is 5.97 Å². The Hall–Kier alpha value is -0.640. The molecule has 0 amide bonds. The predicted octanol–water partition coefficient (Wildman–Crippen LogP) is 1.67. The molecular weight excluding hydrogens is 185 g/mol. The van der Waals surface area contributed by atoms with Gasteiger partial charge in [-0.25, -0.2) is 4.39 Å². The fraction of sp³-hybridized carbons (Fsp3) is 0.900. The Labute approximate surface area is 83.9 Å². The molecule has 1 saturated heterocycles. The van der Waals surface area contributed by atoms with Crippen LogP contribution in [0, 0.1) is 0 Å². The number of hydrogen-bond acceptors (Lipinski definition) is 2. The summed E-state index contributed by atoms with van der Waals surface area (Å²) in [5.41, 5.74) is -0.0637. The third-order valence-electron chi connectivity index (χ3n) is 2.70. The van der Waals surface area contributed by atoms with Crippen molar-refractivity contribution in [1.82, 2.24) is 4.90 Å². The van der Waals surface area contributed by atoms with E-state index in [-0.39, 0.29) is 18.0 Å². The van der Waals surface area contributed by atoms with Crippen molar-refractivity contribution in [2.45, 2.75) is 51.4 Å². The number of rotatable bonds is 3. The number of hydrogen-bond donors (Lipinski definition) is 1. The van der Waals surface area contributed by atoms with Crippen LogP contribution in [-0.2, 0) is 4.79 Å². The van der Waals surface area contributed by atoms with Gasteiger partial charge in [0.05, 0.1) is 0 Å². The van der Waals surface area contributed by atoms with Crippen LogP contribution in [0.3, 0.4) is 0 Å². The number of halogens is 1. The van der Waals surface area contributed by atoms with Crippen LogP contribution in [-0.4, -0.2) is 40.3 Å². The van der Waals surface area contributed by atoms with Crippen molar-refractivity contribution in [3.05, 3.63) is 0 Å². The van der Waals surface area contributed by atoms with E-state index in [1.54, 1.807) is 0 Å². The number of carbonyl (C=O) groups is 1. The molecule has 1 rings (SSSR count). The van der Waals surface area contributed by atoms with Crippen molar-refractivity contribution < 1.29 is 14.3 Å². The molecule has 0 aromatic heterocycles. The van der Waals surface area contributed by atoms with E-state index in [1.165, 1.54) is 0 Å². The van der Waals surface area contributed by atoms with Crippen molar-refractivity contribution in [3.8, 4) is 0 Å². The molecule has 0 bridgehead atoms. The van der Waals surface area contributed by atoms with E-state index in [9.17, 15) is 9.18 Å². The minimum Gasteiger partial charge on any atom is -0.481 e. The highest BCUT2D eigenvalue weighted by atomic mass is 19.1. The molecule has 0 spiro atoms. The first-order chi connectivity index (χ1) is 6.32. The zero-order chi connectivity index (χ0) is 10.9. The number of likely N-dealkylation sites (tertiary alicyclic amines) is 1. The van der Waals surface area contributed by atoms with E-state index < -0.39 is 12.1 Å². The van der Waals surface area contributed by atoms with Crippen molar-refractivity contribution in [2.24, 2.45) is 0 Å². The van der Waals surface area contributed by atoms with Gasteiger partial charge in [0.15, 0.2) is 0 Å². The largest absolute Gasteiger partial charge is 0.481 e. The maximum absolute atomic E-state index is 13.2. The lowest BCUT2D eigenvalue weighted by atomic mass is 9.89. The third-order valence-corrected chi connectivity index (χ3v) is 2.70. The quantitative estimate of drug-likeness (QED) is 0.758. The molecule has 1 aliphatic rings. The highest BCUT2D eigenvalue weighted by Gasteiger charge is 2.44. The van der Waals surface area contributed by atoms with Gasteiger partial charge in [0.2, 0.25) is 0 Å². The number of carboxylic acids is 1. The third kappa shape index (κ3) is 2.44. The Kier molecular flexibility index (Phi) is 3.14. The van der Waals surface area contributed by atoms with Crippen molar-refractivity contribution in [3.63, 3.8) is 0 Å². The van der Waals surface area contributed by atoms with E-state index in [0.717, 1.165) is 0 Å². The molecule has 14 heavy (non-hydrogen) atoms. The summed E-state index contributed by atoms with van der Waals surface area (Å²) >= 11 is 0. The van der Waals surface area contributed by atoms with Crippen LogP contribution in [0.2, 0.25) is 0 Å². The molecule has 4 heteroatoms. The summed E-state index contributed by atoms with van der Waals surface area (Å²) in [6.45, 7) is 6.50. The van der Waals surface area contributed by atoms with Gasteiger partial charge < -0.3 is 5.11 Å². The highest BCUT2D eigenvalue weighted by Crippen LogP contribution is 2.32. The fourth-order valence-corrected chi connectivity index (χ4v) is 1.88. The summed E-state index contributed by atoms with van der Waals surface area (Å²) in [6.07, 6.45) is -0.389. The lowest BCUT2D eigenvalue weighted by molar-refractivity contribution is -0.139. The van der Waals surface area contributed by atoms with E-state index >= 15 is 0 Å². The lowest BCUT2D eigenvalue weighted by Gasteiger charge is -2.51. The van der Waals surface area contributed by atoms with E-state index in [0.29, 0.717) is 13.0 Å². The van der Waals surface area contributed by atoms with Crippen LogP contribution in [0.1, 0.15) is 33.6 Å². The SMILES string of the molecule is CC(C)(C)N1CC(F)C1CCC(=O)O. The summed E-state index contributed by atoms with van der Waals surface area (Å²) in [7, 11) is 0. The Morgan fingerprint density at radius 1 is 1.57 bits per heavy atom. The van der Waals surface area contributed by atoms with Gasteiger partial charge >= 0.3 is 5.97 Å². The van der Waals surface area contributed by atoms with E-state index in [4.69, 9.17) is 5.11 Å². The van der Waals surface area contributed by atoms with Crippen LogP contribution in [0.4, 0.5) is 4.39 Å². The summed E-state index contributed by atoms with van der Waals surface area (Å²) in [6, 6.07) is -0.203. The van der Waals surface area contributed by atoms with Gasteiger partial charge in [-0.2, -0.15) is 0 Å². The molecule has 1 aliphatic heterocycles. The standard InChI is InChI=1S/C10H18FNO2/c1-10(2,3)12-6-7(11)8(12)4-5-9(13)14/h7-8H,4-6H2,1-3H3,(H,13,14). The zero-order valence-electron chi connectivity index (χ0n) is 8.96. The molecule has 0 aromatic rings. The molecule has 0 aliphatic carbocycles. The average molecular weight is 203 g/mol. The number of nitrogens with zero attached hydrogens (tertiary/aromatic N) is 1. The molecule has 1 heterocycles. The molecular formula is C10H18FNO2. The maximum Gasteiger partial charge on any atom is 0.303 e. The normalized spacial score (nSPS) is 28.6. The number of aliphatic carboxylic acids is 1. The van der Waals surface area contributed by atoms with E-state index in [1.807, 2.05) is 25.7 Å². The summed E-state index contributed by atoms with van der Waals surface area (Å²) in [4.78, 5) is 12.4. The first-order valence-corrected chi connectivity index (χ1v) is 4.95. The van der Waals surface area contributed by atoms with Crippen LogP contribution in [0.5, 0.6) is 0 Å². The second-order valence-electron chi connectivity index (χ2n) is 4.84. The molecule has 2 atom stereocenters. The second-order valence-corrected chi connectivity index (χ2v) is 4.84. The van der Waals surface area contributed by atoms with Gasteiger partial charge in [-0.15, -0.1) is 0 Å². The van der Waals surface area contributed by atoms with Crippen molar-refractivity contribution in [2.75, 3.05) is 6.54 Å². The van der Waals surface area contributed by atoms with Gasteiger partial charge in [-0.05, 0) is 27.2 Å². The van der Waals surface area contributed by atoms with Gasteiger partial charge in [0.25, 0.3) is 0 Å². The predicted molar refractivity (Wildman–Crippen MR) is 52.0 cm³/mol. The minimum atomic E-state index is -0.853. The van der Waals surface area contributed by atoms with Crippen LogP contribution in [0.15, 0.2) is 0 Å². The maximum atomic E-state index is 13.2. The van der Waals surface area contributed by atoms with Crippen LogP contribution >= 0.6 is 0 Å². The summed E-state index contributed by atoms with van der Waals surface area (Å²) in [5, 5.41) is 8.52. The van der Waals surface area contributed by atoms with Gasteiger partial charge in [-0.1, -0.05) is 0 Å². The van der Waals surface area contributed by atoms with Crippen LogP contribution in [0.25, 0.3) is 0 Å². The number of carboxylic acid groups (broad SMARTS) is 1. The smallest absolute Gasteiger partial charge is 0.303 e. The topological polar surface area (TPSA) is 40.5 Å². The monoisotopic (exact) mass is 203 g/mol. The molecule has 1 N–H and O–H groups in total. The van der Waals surface area contributed by atoms with Gasteiger partial charge in [0, 0.05) is 24.5 Å². The molecule has 0 radical (unpaired) electrons. The highest BCUT2D eigenvalue weighted by molar-refractivity contribution is 5.66. The van der Waals surface area contributed by atoms with Crippen molar-refractivity contribution in [1.29, 1.82) is 0 Å². The molecule has 82 valence electrons. The summed E-state index contributed by atoms with van der Waals surface area (Å²) in [5.74, 6) is -0.849. The Morgan fingerprint density at radius 3 is 2.50 bits per heavy atom. The Bertz CT molecular complexity index is 225. The molecule has 2 unspecified atom stereocenters. The molecule has 0 saturated carbocycles. The van der Waals surface area contributed by atoms with Crippen LogP contribution < -0.4 is 0 Å². The first-order valence-electron chi connectivity index (χ1n) is 4.95. The summed E-state index contributed by atoms with van der Waals surface area (Å²) < 4.78 is 13.2. The Morgan fingerprint density at radius 2 is 2.14 bits per heavy atom. The average Bonchev–Trinajstić information content (AvgIpc) is 1.97. The minimum absolute atomic E-state index is 0.0532. The first kappa shape index (κ1) is 11.4. The number of alkyl halides is 1. The van der Waals surface area contributed by atoms with Gasteiger partial charge in [0.1, 0.15) is 6.17 Å². The molecule has 0 aromatic carbocycles. The van der Waals surface area contributed by atoms with Gasteiger partial charge in [-0.3, -0.25) is 9.69 Å².